The van der Waals surface area contributed by atoms with E-state index in [1.54, 1.807) is 30.6 Å². The molecule has 0 amide bonds. The molecule has 0 saturated heterocycles. The zero-order valence-electron chi connectivity index (χ0n) is 10.2. The van der Waals surface area contributed by atoms with Gasteiger partial charge in [-0.05, 0) is 29.8 Å². The van der Waals surface area contributed by atoms with E-state index in [1.165, 1.54) is 7.11 Å². The molecule has 1 heterocycles. The van der Waals surface area contributed by atoms with Gasteiger partial charge in [-0.3, -0.25) is 5.43 Å². The van der Waals surface area contributed by atoms with Gasteiger partial charge in [0.25, 0.3) is 0 Å². The maximum absolute atomic E-state index is 9.60. The molecule has 0 spiro atoms. The average molecular weight is 278 g/mol. The van der Waals surface area contributed by atoms with E-state index in [4.69, 9.17) is 16.3 Å². The molecular formula is C13H12ClN3O2. The summed E-state index contributed by atoms with van der Waals surface area (Å²) in [6.45, 7) is 0. The summed E-state index contributed by atoms with van der Waals surface area (Å²) in [5.74, 6) is 0.848. The molecule has 0 saturated carbocycles. The summed E-state index contributed by atoms with van der Waals surface area (Å²) in [6.07, 6.45) is 3.22. The molecule has 2 rings (SSSR count). The monoisotopic (exact) mass is 277 g/mol. The summed E-state index contributed by atoms with van der Waals surface area (Å²) < 4.78 is 5.00. The third kappa shape index (κ3) is 3.35. The number of aromatic hydroxyl groups is 1. The lowest BCUT2D eigenvalue weighted by molar-refractivity contribution is 0.373. The van der Waals surface area contributed by atoms with Crippen molar-refractivity contribution < 1.29 is 9.84 Å². The van der Waals surface area contributed by atoms with Gasteiger partial charge in [-0.1, -0.05) is 17.7 Å². The van der Waals surface area contributed by atoms with Crippen LogP contribution in [-0.4, -0.2) is 23.4 Å². The van der Waals surface area contributed by atoms with Crippen LogP contribution in [0.3, 0.4) is 0 Å². The molecular weight excluding hydrogens is 266 g/mol. The fourth-order valence-electron chi connectivity index (χ4n) is 1.43. The van der Waals surface area contributed by atoms with E-state index in [-0.39, 0.29) is 10.8 Å². The smallest absolute Gasteiger partial charge is 0.176 e. The number of rotatable bonds is 4. The maximum atomic E-state index is 9.60. The van der Waals surface area contributed by atoms with Gasteiger partial charge in [0, 0.05) is 6.20 Å². The standard InChI is InChI=1S/C13H12ClN3O2/c1-19-11-7-9(6-10(14)13(11)18)8-16-17-12-4-2-3-5-15-12/h2-8,18H,1H3,(H,15,17)/b16-8+. The van der Waals surface area contributed by atoms with Gasteiger partial charge in [-0.15, -0.1) is 0 Å². The summed E-state index contributed by atoms with van der Waals surface area (Å²) in [6, 6.07) is 8.68. The Morgan fingerprint density at radius 1 is 1.42 bits per heavy atom. The SMILES string of the molecule is COc1cc(/C=N/Nc2ccccn2)cc(Cl)c1O. The van der Waals surface area contributed by atoms with Crippen molar-refractivity contribution in [2.75, 3.05) is 12.5 Å². The summed E-state index contributed by atoms with van der Waals surface area (Å²) in [5, 5.41) is 13.8. The number of benzene rings is 1. The van der Waals surface area contributed by atoms with E-state index < -0.39 is 0 Å². The first-order chi connectivity index (χ1) is 9.20. The van der Waals surface area contributed by atoms with Crippen molar-refractivity contribution in [3.8, 4) is 11.5 Å². The van der Waals surface area contributed by atoms with Crippen molar-refractivity contribution in [3.05, 3.63) is 47.1 Å². The van der Waals surface area contributed by atoms with Gasteiger partial charge in [-0.2, -0.15) is 5.10 Å². The maximum Gasteiger partial charge on any atom is 0.176 e. The topological polar surface area (TPSA) is 66.7 Å². The normalized spacial score (nSPS) is 10.6. The number of pyridine rings is 1. The van der Waals surface area contributed by atoms with E-state index >= 15 is 0 Å². The zero-order chi connectivity index (χ0) is 13.7. The summed E-state index contributed by atoms with van der Waals surface area (Å²) in [7, 11) is 1.46. The molecule has 1 aromatic heterocycles. The first-order valence-corrected chi connectivity index (χ1v) is 5.85. The molecule has 0 radical (unpaired) electrons. The van der Waals surface area contributed by atoms with Gasteiger partial charge in [0.15, 0.2) is 11.5 Å². The highest BCUT2D eigenvalue weighted by molar-refractivity contribution is 6.32. The number of aromatic nitrogens is 1. The Morgan fingerprint density at radius 3 is 2.95 bits per heavy atom. The lowest BCUT2D eigenvalue weighted by Gasteiger charge is -2.06. The Morgan fingerprint density at radius 2 is 2.26 bits per heavy atom. The molecule has 1 aromatic carbocycles. The Labute approximate surface area is 115 Å². The van der Waals surface area contributed by atoms with Crippen LogP contribution in [0.2, 0.25) is 5.02 Å². The molecule has 6 heteroatoms. The number of anilines is 1. The van der Waals surface area contributed by atoms with E-state index in [9.17, 15) is 5.11 Å². The number of nitrogens with one attached hydrogen (secondary N) is 1. The fraction of sp³-hybridized carbons (Fsp3) is 0.0769. The van der Waals surface area contributed by atoms with Crippen LogP contribution in [0.15, 0.2) is 41.6 Å². The van der Waals surface area contributed by atoms with Crippen LogP contribution in [0.1, 0.15) is 5.56 Å². The number of hydrogen-bond donors (Lipinski definition) is 2. The van der Waals surface area contributed by atoms with E-state index in [1.807, 2.05) is 12.1 Å². The molecule has 19 heavy (non-hydrogen) atoms. The molecule has 98 valence electrons. The molecule has 2 aromatic rings. The van der Waals surface area contributed by atoms with Crippen LogP contribution in [0.5, 0.6) is 11.5 Å². The molecule has 0 bridgehead atoms. The van der Waals surface area contributed by atoms with Gasteiger partial charge in [0.1, 0.15) is 5.82 Å². The second kappa shape index (κ2) is 6.06. The highest BCUT2D eigenvalue weighted by Crippen LogP contribution is 2.34. The van der Waals surface area contributed by atoms with Gasteiger partial charge < -0.3 is 9.84 Å². The highest BCUT2D eigenvalue weighted by Gasteiger charge is 2.07. The second-order valence-corrected chi connectivity index (χ2v) is 4.05. The lowest BCUT2D eigenvalue weighted by Crippen LogP contribution is -1.93. The Kier molecular flexibility index (Phi) is 4.20. The largest absolute Gasteiger partial charge is 0.503 e. The Hall–Kier alpha value is -2.27. The number of halogens is 1. The fourth-order valence-corrected chi connectivity index (χ4v) is 1.64. The van der Waals surface area contributed by atoms with Crippen LogP contribution in [0.4, 0.5) is 5.82 Å². The first kappa shape index (κ1) is 13.2. The number of phenolic OH excluding ortho intramolecular Hbond substituents is 1. The molecule has 0 aliphatic heterocycles. The lowest BCUT2D eigenvalue weighted by atomic mass is 10.2. The number of phenols is 1. The third-order valence-electron chi connectivity index (χ3n) is 2.33. The van der Waals surface area contributed by atoms with Crippen molar-refractivity contribution in [2.45, 2.75) is 0 Å². The van der Waals surface area contributed by atoms with E-state index in [2.05, 4.69) is 15.5 Å². The molecule has 0 aliphatic carbocycles. The number of methoxy groups -OCH3 is 1. The second-order valence-electron chi connectivity index (χ2n) is 3.64. The Balaban J connectivity index is 2.13. The number of nitrogens with zero attached hydrogens (tertiary/aromatic N) is 2. The number of ether oxygens (including phenoxy) is 1. The minimum atomic E-state index is -0.0843. The molecule has 0 aliphatic rings. The van der Waals surface area contributed by atoms with Crippen LogP contribution in [0.25, 0.3) is 0 Å². The minimum Gasteiger partial charge on any atom is -0.503 e. The molecule has 0 unspecified atom stereocenters. The average Bonchev–Trinajstić information content (AvgIpc) is 2.43. The van der Waals surface area contributed by atoms with Crippen LogP contribution in [-0.2, 0) is 0 Å². The first-order valence-electron chi connectivity index (χ1n) is 5.47. The van der Waals surface area contributed by atoms with Gasteiger partial charge in [0.2, 0.25) is 0 Å². The number of hydrogen-bond acceptors (Lipinski definition) is 5. The predicted molar refractivity (Wildman–Crippen MR) is 75.1 cm³/mol. The molecule has 2 N–H and O–H groups in total. The molecule has 0 atom stereocenters. The van der Waals surface area contributed by atoms with Crippen LogP contribution in [0, 0.1) is 0 Å². The predicted octanol–water partition coefficient (Wildman–Crippen LogP) is 2.90. The van der Waals surface area contributed by atoms with Crippen molar-refractivity contribution in [2.24, 2.45) is 5.10 Å². The van der Waals surface area contributed by atoms with Crippen molar-refractivity contribution >= 4 is 23.6 Å². The third-order valence-corrected chi connectivity index (χ3v) is 2.62. The van der Waals surface area contributed by atoms with E-state index in [0.717, 1.165) is 0 Å². The van der Waals surface area contributed by atoms with E-state index in [0.29, 0.717) is 17.1 Å². The van der Waals surface area contributed by atoms with Crippen molar-refractivity contribution in [3.63, 3.8) is 0 Å². The molecule has 5 nitrogen and oxygen atoms in total. The van der Waals surface area contributed by atoms with Gasteiger partial charge >= 0.3 is 0 Å². The molecule has 0 fully saturated rings. The zero-order valence-corrected chi connectivity index (χ0v) is 10.9. The quantitative estimate of drug-likeness (QED) is 0.666. The van der Waals surface area contributed by atoms with Crippen LogP contribution < -0.4 is 10.2 Å². The van der Waals surface area contributed by atoms with Crippen molar-refractivity contribution in [1.29, 1.82) is 0 Å². The summed E-state index contributed by atoms with van der Waals surface area (Å²) >= 11 is 5.87. The van der Waals surface area contributed by atoms with Gasteiger partial charge in [0.05, 0.1) is 18.3 Å². The summed E-state index contributed by atoms with van der Waals surface area (Å²) in [5.41, 5.74) is 3.47. The summed E-state index contributed by atoms with van der Waals surface area (Å²) in [4.78, 5) is 4.06. The van der Waals surface area contributed by atoms with Crippen LogP contribution >= 0.6 is 11.6 Å². The van der Waals surface area contributed by atoms with Gasteiger partial charge in [-0.25, -0.2) is 4.98 Å². The minimum absolute atomic E-state index is 0.0843. The highest BCUT2D eigenvalue weighted by atomic mass is 35.5. The van der Waals surface area contributed by atoms with Crippen molar-refractivity contribution in [1.82, 2.24) is 4.98 Å². The Bertz CT molecular complexity index is 588. The number of hydrazone groups is 1.